The van der Waals surface area contributed by atoms with Crippen molar-refractivity contribution in [3.63, 3.8) is 0 Å². The van der Waals surface area contributed by atoms with Crippen LogP contribution in [0.4, 0.5) is 0 Å². The molecule has 0 unspecified atom stereocenters. The molecular weight excluding hydrogens is 685 g/mol. The molecule has 0 spiro atoms. The average molecular weight is 753 g/mol. The lowest BCUT2D eigenvalue weighted by Gasteiger charge is -2.27. The Kier molecular flexibility index (Phi) is 12.9. The van der Waals surface area contributed by atoms with E-state index in [0.717, 1.165) is 33.4 Å². The van der Waals surface area contributed by atoms with E-state index in [-0.39, 0.29) is 55.7 Å². The van der Waals surface area contributed by atoms with Gasteiger partial charge in [0.15, 0.2) is 0 Å². The van der Waals surface area contributed by atoms with Gasteiger partial charge in [-0.2, -0.15) is 15.3 Å². The summed E-state index contributed by atoms with van der Waals surface area (Å²) in [4.78, 5) is 0. The quantitative estimate of drug-likeness (QED) is 0.0971. The Hall–Kier alpha value is -4.66. The molecule has 0 radical (unpaired) electrons. The highest BCUT2D eigenvalue weighted by atomic mass is 16.3. The summed E-state index contributed by atoms with van der Waals surface area (Å²) in [5, 5.41) is 51.6. The van der Waals surface area contributed by atoms with Gasteiger partial charge < -0.3 is 15.3 Å². The predicted octanol–water partition coefficient (Wildman–Crippen LogP) is 10.5. The van der Waals surface area contributed by atoms with Gasteiger partial charge >= 0.3 is 0 Å². The monoisotopic (exact) mass is 753 g/mol. The number of benzene rings is 3. The summed E-state index contributed by atoms with van der Waals surface area (Å²) in [5.74, 6) is 0.518. The first kappa shape index (κ1) is 44.7. The minimum Gasteiger partial charge on any atom is -0.507 e. The Morgan fingerprint density at radius 3 is 0.945 bits per heavy atom. The van der Waals surface area contributed by atoms with E-state index in [4.69, 9.17) is 0 Å². The molecule has 3 aromatic carbocycles. The van der Waals surface area contributed by atoms with Gasteiger partial charge in [-0.05, 0) is 67.4 Å². The van der Waals surface area contributed by atoms with Crippen molar-refractivity contribution < 1.29 is 15.3 Å². The third kappa shape index (κ3) is 11.7. The Morgan fingerprint density at radius 2 is 0.691 bits per heavy atom. The summed E-state index contributed by atoms with van der Waals surface area (Å²) in [6, 6.07) is 12.0. The zero-order valence-electron chi connectivity index (χ0n) is 36.8. The van der Waals surface area contributed by atoms with Crippen molar-refractivity contribution in [2.45, 2.75) is 157 Å². The number of nitrogens with one attached hydrogen (secondary N) is 2. The fourth-order valence-corrected chi connectivity index (χ4v) is 5.82. The van der Waals surface area contributed by atoms with Gasteiger partial charge in [0, 0.05) is 33.4 Å². The standard InChI is InChI=1S/C46H68N6O3/c1-41(2,3)31-19-28(37(53)34(22-31)44(10,11)12)25-47-50-40(51-48-26-29-20-32(42(4,5)6)23-35(38(29)54)45(13,14)15)52-49-27-30-21-33(43(7,8)9)24-36(39(30)55)46(16,17)18/h19-27,53-55H,1-18H3,(H2,50,51,52). The van der Waals surface area contributed by atoms with Crippen LogP contribution in [0.15, 0.2) is 56.8 Å². The van der Waals surface area contributed by atoms with Gasteiger partial charge in [-0.25, -0.2) is 10.9 Å². The van der Waals surface area contributed by atoms with Crippen molar-refractivity contribution in [1.82, 2.24) is 10.9 Å². The van der Waals surface area contributed by atoms with Gasteiger partial charge in [0.25, 0.3) is 5.96 Å². The fraction of sp³-hybridized carbons (Fsp3) is 0.522. The van der Waals surface area contributed by atoms with Crippen LogP contribution in [0.3, 0.4) is 0 Å². The molecule has 0 aliphatic carbocycles. The molecule has 0 aliphatic heterocycles. The molecule has 3 rings (SSSR count). The predicted molar refractivity (Wildman–Crippen MR) is 233 cm³/mol. The summed E-state index contributed by atoms with van der Waals surface area (Å²) < 4.78 is 0. The molecule has 0 saturated carbocycles. The minimum atomic E-state index is -0.305. The minimum absolute atomic E-state index is 0.0660. The molecule has 0 aliphatic rings. The Morgan fingerprint density at radius 1 is 0.418 bits per heavy atom. The number of aromatic hydroxyl groups is 3. The lowest BCUT2D eigenvalue weighted by Crippen LogP contribution is -2.30. The van der Waals surface area contributed by atoms with Crippen molar-refractivity contribution >= 4 is 24.6 Å². The Labute approximate surface area is 331 Å². The van der Waals surface area contributed by atoms with Crippen LogP contribution in [0.1, 0.15) is 175 Å². The van der Waals surface area contributed by atoms with Gasteiger partial charge in [-0.1, -0.05) is 143 Å². The summed E-state index contributed by atoms with van der Waals surface area (Å²) in [7, 11) is 0. The van der Waals surface area contributed by atoms with E-state index in [1.54, 1.807) is 12.4 Å². The molecule has 5 N–H and O–H groups in total. The summed E-state index contributed by atoms with van der Waals surface area (Å²) in [6.07, 6.45) is 4.61. The molecule has 3 aromatic rings. The van der Waals surface area contributed by atoms with E-state index in [9.17, 15) is 15.3 Å². The van der Waals surface area contributed by atoms with E-state index in [1.807, 2.05) is 18.2 Å². The highest BCUT2D eigenvalue weighted by Gasteiger charge is 2.27. The van der Waals surface area contributed by atoms with Crippen LogP contribution in [0.5, 0.6) is 17.2 Å². The maximum atomic E-state index is 11.3. The van der Waals surface area contributed by atoms with Crippen LogP contribution < -0.4 is 10.9 Å². The first-order valence-electron chi connectivity index (χ1n) is 19.1. The first-order valence-corrected chi connectivity index (χ1v) is 19.1. The topological polar surface area (TPSA) is 134 Å². The highest BCUT2D eigenvalue weighted by molar-refractivity contribution is 5.90. The van der Waals surface area contributed by atoms with Crippen molar-refractivity contribution in [2.24, 2.45) is 20.4 Å². The molecule has 0 bridgehead atoms. The summed E-state index contributed by atoms with van der Waals surface area (Å²) in [6.45, 7) is 37.8. The normalized spacial score (nSPS) is 13.6. The zero-order valence-corrected chi connectivity index (χ0v) is 36.8. The fourth-order valence-electron chi connectivity index (χ4n) is 5.82. The molecule has 300 valence electrons. The third-order valence-corrected chi connectivity index (χ3v) is 9.54. The second-order valence-electron chi connectivity index (χ2n) is 20.8. The van der Waals surface area contributed by atoms with E-state index in [2.05, 4.69) is 174 Å². The second-order valence-corrected chi connectivity index (χ2v) is 20.8. The van der Waals surface area contributed by atoms with Crippen molar-refractivity contribution in [2.75, 3.05) is 0 Å². The van der Waals surface area contributed by atoms with E-state index in [0.29, 0.717) is 16.7 Å². The smallest absolute Gasteiger partial charge is 0.257 e. The molecule has 0 amide bonds. The van der Waals surface area contributed by atoms with E-state index < -0.39 is 0 Å². The number of nitrogens with zero attached hydrogens (tertiary/aromatic N) is 4. The average Bonchev–Trinajstić information content (AvgIpc) is 2.99. The molecule has 55 heavy (non-hydrogen) atoms. The lowest BCUT2D eigenvalue weighted by atomic mass is 9.79. The summed E-state index contributed by atoms with van der Waals surface area (Å²) >= 11 is 0. The Bertz CT molecular complexity index is 1880. The van der Waals surface area contributed by atoms with Gasteiger partial charge in [0.2, 0.25) is 0 Å². The molecule has 0 heterocycles. The SMILES string of the molecule is CC(C)(C)c1cc(C=NN=C(NN=Cc2cc(C(C)(C)C)cc(C(C)(C)C)c2O)NN=Cc2cc(C(C)(C)C)cc(C(C)(C)C)c2O)c(O)c(C(C)(C)C)c1. The zero-order chi connectivity index (χ0) is 42.1. The summed E-state index contributed by atoms with van der Waals surface area (Å²) in [5.41, 5.74) is 11.7. The number of hydrazone groups is 2. The molecular formula is C46H68N6O3. The number of phenolic OH excluding ortho intramolecular Hbond substituents is 3. The highest BCUT2D eigenvalue weighted by Crippen LogP contribution is 2.39. The van der Waals surface area contributed by atoms with Crippen LogP contribution in [-0.4, -0.2) is 39.9 Å². The van der Waals surface area contributed by atoms with Crippen LogP contribution in [0.2, 0.25) is 0 Å². The van der Waals surface area contributed by atoms with Gasteiger partial charge in [-0.3, -0.25) is 0 Å². The van der Waals surface area contributed by atoms with Crippen molar-refractivity contribution in [3.8, 4) is 17.2 Å². The van der Waals surface area contributed by atoms with Crippen molar-refractivity contribution in [3.05, 3.63) is 86.5 Å². The van der Waals surface area contributed by atoms with E-state index >= 15 is 0 Å². The Balaban J connectivity index is 2.15. The van der Waals surface area contributed by atoms with Gasteiger partial charge in [0.05, 0.1) is 18.6 Å². The second kappa shape index (κ2) is 15.8. The van der Waals surface area contributed by atoms with E-state index in [1.165, 1.54) is 6.21 Å². The number of rotatable bonds is 6. The molecule has 0 atom stereocenters. The number of hydrogen-bond acceptors (Lipinski definition) is 7. The van der Waals surface area contributed by atoms with Gasteiger partial charge in [0.1, 0.15) is 17.2 Å². The van der Waals surface area contributed by atoms with Gasteiger partial charge in [-0.15, -0.1) is 5.10 Å². The molecule has 0 saturated heterocycles. The third-order valence-electron chi connectivity index (χ3n) is 9.54. The molecule has 9 heteroatoms. The largest absolute Gasteiger partial charge is 0.507 e. The molecule has 0 fully saturated rings. The van der Waals surface area contributed by atoms with Crippen LogP contribution >= 0.6 is 0 Å². The number of hydrogen-bond donors (Lipinski definition) is 5. The van der Waals surface area contributed by atoms with Crippen LogP contribution in [0, 0.1) is 0 Å². The number of phenols is 3. The maximum absolute atomic E-state index is 11.3. The molecule has 9 nitrogen and oxygen atoms in total. The molecule has 0 aromatic heterocycles. The maximum Gasteiger partial charge on any atom is 0.257 e. The van der Waals surface area contributed by atoms with Crippen LogP contribution in [-0.2, 0) is 32.5 Å². The van der Waals surface area contributed by atoms with Crippen LogP contribution in [0.25, 0.3) is 0 Å². The first-order chi connectivity index (χ1) is 24.8. The van der Waals surface area contributed by atoms with Crippen molar-refractivity contribution in [1.29, 1.82) is 0 Å². The lowest BCUT2D eigenvalue weighted by molar-refractivity contribution is 0.443. The number of guanidine groups is 1.